The van der Waals surface area contributed by atoms with Gasteiger partial charge >= 0.3 is 0 Å². The standard InChI is InChI=1S/C21H33NO3SSi/c1-16-9-11-20(12-10-16)26(23,24)22-13-17(2)18(3)19(14-22)15-25-27(7,8)21(4,5)6/h9-12H,2,13-15H2,1,3-8H3. The van der Waals surface area contributed by atoms with Gasteiger partial charge in [0.15, 0.2) is 8.32 Å². The fourth-order valence-corrected chi connectivity index (χ4v) is 5.03. The summed E-state index contributed by atoms with van der Waals surface area (Å²) >= 11 is 0. The highest BCUT2D eigenvalue weighted by Crippen LogP contribution is 2.37. The summed E-state index contributed by atoms with van der Waals surface area (Å²) in [6, 6.07) is 7.00. The molecule has 0 radical (unpaired) electrons. The van der Waals surface area contributed by atoms with Crippen molar-refractivity contribution in [2.24, 2.45) is 0 Å². The molecule has 0 atom stereocenters. The minimum Gasteiger partial charge on any atom is -0.413 e. The van der Waals surface area contributed by atoms with Crippen LogP contribution in [0.4, 0.5) is 0 Å². The van der Waals surface area contributed by atoms with E-state index in [1.54, 1.807) is 12.1 Å². The molecule has 0 amide bonds. The van der Waals surface area contributed by atoms with E-state index in [1.165, 1.54) is 4.31 Å². The van der Waals surface area contributed by atoms with Crippen molar-refractivity contribution in [3.63, 3.8) is 0 Å². The molecular weight excluding hydrogens is 374 g/mol. The summed E-state index contributed by atoms with van der Waals surface area (Å²) in [5.41, 5.74) is 3.96. The van der Waals surface area contributed by atoms with Crippen molar-refractivity contribution in [1.29, 1.82) is 0 Å². The minimum absolute atomic E-state index is 0.112. The van der Waals surface area contributed by atoms with Crippen molar-refractivity contribution in [3.8, 4) is 0 Å². The average Bonchev–Trinajstić information content (AvgIpc) is 2.55. The monoisotopic (exact) mass is 407 g/mol. The molecule has 1 aromatic carbocycles. The van der Waals surface area contributed by atoms with Gasteiger partial charge in [0.05, 0.1) is 11.5 Å². The molecule has 0 spiro atoms. The maximum atomic E-state index is 13.1. The van der Waals surface area contributed by atoms with Crippen LogP contribution >= 0.6 is 0 Å². The molecule has 2 rings (SSSR count). The van der Waals surface area contributed by atoms with Gasteiger partial charge in [0.25, 0.3) is 0 Å². The van der Waals surface area contributed by atoms with Gasteiger partial charge in [-0.25, -0.2) is 8.42 Å². The first-order chi connectivity index (χ1) is 12.3. The lowest BCUT2D eigenvalue weighted by molar-refractivity contribution is 0.304. The van der Waals surface area contributed by atoms with Gasteiger partial charge in [0, 0.05) is 13.1 Å². The molecule has 27 heavy (non-hydrogen) atoms. The largest absolute Gasteiger partial charge is 0.413 e. The zero-order chi connectivity index (χ0) is 20.6. The summed E-state index contributed by atoms with van der Waals surface area (Å²) in [7, 11) is -5.47. The third-order valence-corrected chi connectivity index (χ3v) is 12.2. The van der Waals surface area contributed by atoms with E-state index in [2.05, 4.69) is 40.4 Å². The Morgan fingerprint density at radius 2 is 1.67 bits per heavy atom. The molecule has 1 aliphatic rings. The van der Waals surface area contributed by atoms with Crippen molar-refractivity contribution in [1.82, 2.24) is 4.31 Å². The molecule has 0 saturated carbocycles. The fraction of sp³-hybridized carbons (Fsp3) is 0.524. The Balaban J connectivity index is 2.25. The molecular formula is C21H33NO3SSi. The Morgan fingerprint density at radius 1 is 1.11 bits per heavy atom. The van der Waals surface area contributed by atoms with Crippen LogP contribution in [-0.2, 0) is 14.4 Å². The van der Waals surface area contributed by atoms with Gasteiger partial charge in [-0.1, -0.05) is 45.0 Å². The van der Waals surface area contributed by atoms with Crippen molar-refractivity contribution < 1.29 is 12.8 Å². The second-order valence-corrected chi connectivity index (χ2v) is 15.7. The van der Waals surface area contributed by atoms with E-state index in [-0.39, 0.29) is 5.04 Å². The van der Waals surface area contributed by atoms with Gasteiger partial charge in [-0.2, -0.15) is 4.31 Å². The molecule has 0 fully saturated rings. The van der Waals surface area contributed by atoms with E-state index in [1.807, 2.05) is 26.0 Å². The number of sulfonamides is 1. The first kappa shape index (κ1) is 22.1. The molecule has 0 saturated heterocycles. The van der Waals surface area contributed by atoms with Gasteiger partial charge in [-0.05, 0) is 60.8 Å². The minimum atomic E-state index is -3.56. The van der Waals surface area contributed by atoms with Crippen LogP contribution in [0.3, 0.4) is 0 Å². The quantitative estimate of drug-likeness (QED) is 0.653. The maximum Gasteiger partial charge on any atom is 0.243 e. The zero-order valence-electron chi connectivity index (χ0n) is 17.7. The van der Waals surface area contributed by atoms with E-state index in [4.69, 9.17) is 4.43 Å². The van der Waals surface area contributed by atoms with Gasteiger partial charge < -0.3 is 4.43 Å². The first-order valence-corrected chi connectivity index (χ1v) is 13.7. The molecule has 4 nitrogen and oxygen atoms in total. The summed E-state index contributed by atoms with van der Waals surface area (Å²) in [5, 5.41) is 0.112. The van der Waals surface area contributed by atoms with E-state index in [0.717, 1.165) is 22.3 Å². The number of benzene rings is 1. The third-order valence-electron chi connectivity index (χ3n) is 5.87. The van der Waals surface area contributed by atoms with Gasteiger partial charge in [0.2, 0.25) is 10.0 Å². The van der Waals surface area contributed by atoms with Crippen LogP contribution in [0, 0.1) is 6.92 Å². The van der Waals surface area contributed by atoms with Crippen LogP contribution in [0.25, 0.3) is 0 Å². The predicted octanol–water partition coefficient (Wildman–Crippen LogP) is 4.89. The second kappa shape index (κ2) is 7.66. The molecule has 0 N–H and O–H groups in total. The van der Waals surface area contributed by atoms with Gasteiger partial charge in [-0.15, -0.1) is 0 Å². The molecule has 0 unspecified atom stereocenters. The van der Waals surface area contributed by atoms with Crippen molar-refractivity contribution in [3.05, 3.63) is 53.1 Å². The smallest absolute Gasteiger partial charge is 0.243 e. The number of aryl methyl sites for hydroxylation is 1. The van der Waals surface area contributed by atoms with E-state index in [9.17, 15) is 8.42 Å². The van der Waals surface area contributed by atoms with Crippen LogP contribution in [-0.4, -0.2) is 40.7 Å². The van der Waals surface area contributed by atoms with Crippen LogP contribution in [0.15, 0.2) is 52.5 Å². The van der Waals surface area contributed by atoms with Crippen molar-refractivity contribution >= 4 is 18.3 Å². The molecule has 0 aliphatic carbocycles. The topological polar surface area (TPSA) is 46.6 Å². The Labute approximate surface area is 166 Å². The number of hydrogen-bond donors (Lipinski definition) is 0. The first-order valence-electron chi connectivity index (χ1n) is 9.33. The highest BCUT2D eigenvalue weighted by molar-refractivity contribution is 7.89. The van der Waals surface area contributed by atoms with Gasteiger partial charge in [0.1, 0.15) is 0 Å². The lowest BCUT2D eigenvalue weighted by Crippen LogP contribution is -2.43. The second-order valence-electron chi connectivity index (χ2n) is 8.97. The molecule has 1 aliphatic heterocycles. The third kappa shape index (κ3) is 4.80. The van der Waals surface area contributed by atoms with Crippen LogP contribution < -0.4 is 0 Å². The van der Waals surface area contributed by atoms with Crippen molar-refractivity contribution in [2.45, 2.75) is 57.6 Å². The average molecular weight is 408 g/mol. The Morgan fingerprint density at radius 3 is 2.19 bits per heavy atom. The SMILES string of the molecule is C=C1CN(S(=O)(=O)c2ccc(C)cc2)CC(CO[Si](C)(C)C(C)(C)C)=C1C. The Bertz CT molecular complexity index is 846. The Kier molecular flexibility index (Phi) is 6.26. The Hall–Kier alpha value is -1.21. The molecule has 1 aromatic rings. The summed E-state index contributed by atoms with van der Waals surface area (Å²) in [5.74, 6) is 0. The number of rotatable bonds is 5. The fourth-order valence-electron chi connectivity index (χ4n) is 2.64. The number of nitrogens with zero attached hydrogens (tertiary/aromatic N) is 1. The highest BCUT2D eigenvalue weighted by Gasteiger charge is 2.38. The molecule has 0 aromatic heterocycles. The summed E-state index contributed by atoms with van der Waals surface area (Å²) < 4.78 is 34.0. The van der Waals surface area contributed by atoms with Crippen molar-refractivity contribution in [2.75, 3.05) is 19.7 Å². The molecule has 1 heterocycles. The predicted molar refractivity (Wildman–Crippen MR) is 115 cm³/mol. The summed E-state index contributed by atoms with van der Waals surface area (Å²) in [6.07, 6.45) is 0. The normalized spacial score (nSPS) is 17.5. The lowest BCUT2D eigenvalue weighted by Gasteiger charge is -2.38. The van der Waals surface area contributed by atoms with Crippen LogP contribution in [0.2, 0.25) is 18.1 Å². The van der Waals surface area contributed by atoms with E-state index >= 15 is 0 Å². The molecule has 150 valence electrons. The van der Waals surface area contributed by atoms with E-state index in [0.29, 0.717) is 24.6 Å². The van der Waals surface area contributed by atoms with Gasteiger partial charge in [-0.3, -0.25) is 0 Å². The van der Waals surface area contributed by atoms with Crippen LogP contribution in [0.1, 0.15) is 33.3 Å². The summed E-state index contributed by atoms with van der Waals surface area (Å²) in [4.78, 5) is 0.324. The zero-order valence-corrected chi connectivity index (χ0v) is 19.5. The number of hydrogen-bond acceptors (Lipinski definition) is 3. The highest BCUT2D eigenvalue weighted by atomic mass is 32.2. The lowest BCUT2D eigenvalue weighted by atomic mass is 10.00. The summed E-state index contributed by atoms with van der Waals surface area (Å²) in [6.45, 7) is 20.2. The maximum absolute atomic E-state index is 13.1. The van der Waals surface area contributed by atoms with Crippen LogP contribution in [0.5, 0.6) is 0 Å². The van der Waals surface area contributed by atoms with E-state index < -0.39 is 18.3 Å². The molecule has 6 heteroatoms. The molecule has 0 bridgehead atoms.